The van der Waals surface area contributed by atoms with E-state index in [4.69, 9.17) is 4.74 Å². The number of carbonyl (C=O) groups is 2. The number of aryl methyl sites for hydroxylation is 2. The van der Waals surface area contributed by atoms with E-state index < -0.39 is 11.7 Å². The second-order valence-corrected chi connectivity index (χ2v) is 7.26. The van der Waals surface area contributed by atoms with Gasteiger partial charge in [-0.05, 0) is 31.9 Å². The Morgan fingerprint density at radius 3 is 2.85 bits per heavy atom. The maximum atomic E-state index is 13.1. The van der Waals surface area contributed by atoms with Crippen molar-refractivity contribution in [1.82, 2.24) is 14.8 Å². The van der Waals surface area contributed by atoms with Crippen molar-refractivity contribution in [3.63, 3.8) is 0 Å². The van der Waals surface area contributed by atoms with Crippen LogP contribution in [0.5, 0.6) is 0 Å². The van der Waals surface area contributed by atoms with E-state index >= 15 is 0 Å². The maximum Gasteiger partial charge on any atom is 0.407 e. The SMILES string of the molecule is Cc1ccc2c(c1)c(=O)c(C(=O)N1CCCC3(CNC(=O)O3)C1)cn2C. The second kappa shape index (κ2) is 5.86. The molecule has 1 N–H and O–H groups in total. The number of piperidine rings is 1. The molecule has 0 radical (unpaired) electrons. The standard InChI is InChI=1S/C19H21N3O4/c1-12-4-5-15-13(8-12)16(23)14(9-21(15)2)17(24)22-7-3-6-19(11-22)10-20-18(25)26-19/h4-5,8-9H,3,6-7,10-11H2,1-2H3,(H,20,25). The molecule has 1 aromatic carbocycles. The number of rotatable bonds is 1. The Balaban J connectivity index is 1.71. The van der Waals surface area contributed by atoms with Gasteiger partial charge >= 0.3 is 6.09 Å². The van der Waals surface area contributed by atoms with Crippen molar-refractivity contribution in [1.29, 1.82) is 0 Å². The maximum absolute atomic E-state index is 13.1. The number of benzene rings is 1. The fraction of sp³-hybridized carbons (Fsp3) is 0.421. The van der Waals surface area contributed by atoms with Crippen molar-refractivity contribution < 1.29 is 14.3 Å². The first-order chi connectivity index (χ1) is 12.4. The Labute approximate surface area is 150 Å². The average Bonchev–Trinajstić information content (AvgIpc) is 2.97. The number of alkyl carbamates (subject to hydrolysis) is 1. The average molecular weight is 355 g/mol. The van der Waals surface area contributed by atoms with Crippen LogP contribution < -0.4 is 10.7 Å². The second-order valence-electron chi connectivity index (χ2n) is 7.26. The number of ether oxygens (including phenoxy) is 1. The van der Waals surface area contributed by atoms with Crippen molar-refractivity contribution in [3.8, 4) is 0 Å². The molecule has 4 rings (SSSR count). The van der Waals surface area contributed by atoms with E-state index in [2.05, 4.69) is 5.32 Å². The van der Waals surface area contributed by atoms with Crippen LogP contribution >= 0.6 is 0 Å². The fourth-order valence-electron chi connectivity index (χ4n) is 3.93. The molecule has 2 amide bonds. The molecule has 1 aromatic heterocycles. The van der Waals surface area contributed by atoms with Crippen LogP contribution in [0.4, 0.5) is 4.79 Å². The minimum Gasteiger partial charge on any atom is -0.439 e. The molecule has 2 aromatic rings. The monoisotopic (exact) mass is 355 g/mol. The number of likely N-dealkylation sites (tertiary alicyclic amines) is 1. The highest BCUT2D eigenvalue weighted by Crippen LogP contribution is 2.28. The largest absolute Gasteiger partial charge is 0.439 e. The van der Waals surface area contributed by atoms with Gasteiger partial charge in [-0.2, -0.15) is 0 Å². The Bertz CT molecular complexity index is 981. The molecule has 7 nitrogen and oxygen atoms in total. The number of nitrogens with one attached hydrogen (secondary N) is 1. The lowest BCUT2D eigenvalue weighted by Crippen LogP contribution is -2.52. The minimum atomic E-state index is -0.677. The third-order valence-corrected chi connectivity index (χ3v) is 5.27. The van der Waals surface area contributed by atoms with E-state index in [0.29, 0.717) is 31.4 Å². The van der Waals surface area contributed by atoms with Crippen LogP contribution in [0.2, 0.25) is 0 Å². The highest BCUT2D eigenvalue weighted by molar-refractivity contribution is 5.97. The van der Waals surface area contributed by atoms with E-state index in [9.17, 15) is 14.4 Å². The quantitative estimate of drug-likeness (QED) is 0.842. The van der Waals surface area contributed by atoms with E-state index in [-0.39, 0.29) is 16.9 Å². The first-order valence-electron chi connectivity index (χ1n) is 8.75. The summed E-state index contributed by atoms with van der Waals surface area (Å²) < 4.78 is 7.22. The van der Waals surface area contributed by atoms with Crippen LogP contribution in [0, 0.1) is 6.92 Å². The van der Waals surface area contributed by atoms with Gasteiger partial charge in [-0.15, -0.1) is 0 Å². The van der Waals surface area contributed by atoms with E-state index in [1.165, 1.54) is 0 Å². The summed E-state index contributed by atoms with van der Waals surface area (Å²) in [5.41, 5.74) is 0.984. The molecule has 1 atom stereocenters. The van der Waals surface area contributed by atoms with Crippen molar-refractivity contribution in [2.75, 3.05) is 19.6 Å². The number of amides is 2. The van der Waals surface area contributed by atoms with Gasteiger partial charge in [0.2, 0.25) is 5.43 Å². The Kier molecular flexibility index (Phi) is 3.75. The van der Waals surface area contributed by atoms with Crippen molar-refractivity contribution in [2.45, 2.75) is 25.4 Å². The summed E-state index contributed by atoms with van der Waals surface area (Å²) in [5.74, 6) is -0.309. The molecule has 26 heavy (non-hydrogen) atoms. The van der Waals surface area contributed by atoms with E-state index in [1.54, 1.807) is 15.7 Å². The number of fused-ring (bicyclic) bond motifs is 1. The topological polar surface area (TPSA) is 80.6 Å². The van der Waals surface area contributed by atoms with Crippen LogP contribution in [-0.4, -0.2) is 46.7 Å². The number of pyridine rings is 1. The van der Waals surface area contributed by atoms with Gasteiger partial charge in [-0.3, -0.25) is 9.59 Å². The number of carbonyl (C=O) groups excluding carboxylic acids is 2. The lowest BCUT2D eigenvalue weighted by Gasteiger charge is -2.38. The molecule has 0 aliphatic carbocycles. The van der Waals surface area contributed by atoms with E-state index in [0.717, 1.165) is 17.5 Å². The predicted octanol–water partition coefficient (Wildman–Crippen LogP) is 1.56. The Morgan fingerprint density at radius 1 is 1.31 bits per heavy atom. The first kappa shape index (κ1) is 16.6. The number of nitrogens with zero attached hydrogens (tertiary/aromatic N) is 2. The van der Waals surface area contributed by atoms with Crippen molar-refractivity contribution >= 4 is 22.9 Å². The van der Waals surface area contributed by atoms with Crippen molar-refractivity contribution in [3.05, 3.63) is 45.7 Å². The summed E-state index contributed by atoms with van der Waals surface area (Å²) in [6, 6.07) is 5.65. The third kappa shape index (κ3) is 2.64. The van der Waals surface area contributed by atoms with Gasteiger partial charge in [0.1, 0.15) is 11.2 Å². The molecule has 1 spiro atoms. The number of hydrogen-bond donors (Lipinski definition) is 1. The molecule has 2 aliphatic heterocycles. The summed E-state index contributed by atoms with van der Waals surface area (Å²) in [4.78, 5) is 39.1. The zero-order valence-corrected chi connectivity index (χ0v) is 14.9. The molecule has 2 aliphatic rings. The Hall–Kier alpha value is -2.83. The van der Waals surface area contributed by atoms with Crippen LogP contribution in [0.1, 0.15) is 28.8 Å². The normalized spacial score (nSPS) is 22.5. The molecule has 7 heteroatoms. The highest BCUT2D eigenvalue weighted by atomic mass is 16.6. The van der Waals surface area contributed by atoms with Gasteiger partial charge in [0.15, 0.2) is 0 Å². The molecule has 3 heterocycles. The van der Waals surface area contributed by atoms with Gasteiger partial charge in [0.05, 0.1) is 18.6 Å². The van der Waals surface area contributed by atoms with Crippen LogP contribution in [-0.2, 0) is 11.8 Å². The summed E-state index contributed by atoms with van der Waals surface area (Å²) in [6.45, 7) is 3.17. The molecule has 136 valence electrons. The fourth-order valence-corrected chi connectivity index (χ4v) is 3.93. The molecule has 1 unspecified atom stereocenters. The highest BCUT2D eigenvalue weighted by Gasteiger charge is 2.45. The summed E-state index contributed by atoms with van der Waals surface area (Å²) in [7, 11) is 1.83. The first-order valence-corrected chi connectivity index (χ1v) is 8.75. The summed E-state index contributed by atoms with van der Waals surface area (Å²) >= 11 is 0. The van der Waals surface area contributed by atoms with Crippen LogP contribution in [0.3, 0.4) is 0 Å². The number of aromatic nitrogens is 1. The zero-order chi connectivity index (χ0) is 18.5. The summed E-state index contributed by atoms with van der Waals surface area (Å²) in [5, 5.41) is 3.21. The molecular weight excluding hydrogens is 334 g/mol. The zero-order valence-electron chi connectivity index (χ0n) is 14.9. The molecular formula is C19H21N3O4. The predicted molar refractivity (Wildman–Crippen MR) is 96.3 cm³/mol. The van der Waals surface area contributed by atoms with Gasteiger partial charge in [0.25, 0.3) is 5.91 Å². The van der Waals surface area contributed by atoms with Gasteiger partial charge < -0.3 is 19.5 Å². The number of hydrogen-bond acceptors (Lipinski definition) is 4. The molecule has 0 saturated carbocycles. The third-order valence-electron chi connectivity index (χ3n) is 5.27. The molecule has 2 saturated heterocycles. The lowest BCUT2D eigenvalue weighted by molar-refractivity contribution is -0.00510. The van der Waals surface area contributed by atoms with Gasteiger partial charge in [-0.25, -0.2) is 4.79 Å². The molecule has 2 fully saturated rings. The van der Waals surface area contributed by atoms with Gasteiger partial charge in [0, 0.05) is 25.2 Å². The van der Waals surface area contributed by atoms with Crippen LogP contribution in [0.25, 0.3) is 10.9 Å². The lowest BCUT2D eigenvalue weighted by atomic mass is 9.92. The van der Waals surface area contributed by atoms with Gasteiger partial charge in [-0.1, -0.05) is 11.6 Å². The molecule has 0 bridgehead atoms. The van der Waals surface area contributed by atoms with E-state index in [1.807, 2.05) is 32.2 Å². The summed E-state index contributed by atoms with van der Waals surface area (Å²) in [6.07, 6.45) is 2.59. The van der Waals surface area contributed by atoms with Crippen molar-refractivity contribution in [2.24, 2.45) is 7.05 Å². The smallest absolute Gasteiger partial charge is 0.407 e. The van der Waals surface area contributed by atoms with Crippen LogP contribution in [0.15, 0.2) is 29.2 Å². The minimum absolute atomic E-state index is 0.153. The Morgan fingerprint density at radius 2 is 2.12 bits per heavy atom.